The number of amides is 5. The highest BCUT2D eigenvalue weighted by molar-refractivity contribution is 5.81. The fraction of sp³-hybridized carbons (Fsp3) is 0.910. The van der Waals surface area contributed by atoms with Crippen molar-refractivity contribution in [3.63, 3.8) is 0 Å². The quantitative estimate of drug-likeness (QED) is 0.0620. The van der Waals surface area contributed by atoms with E-state index in [1.54, 1.807) is 19.1 Å². The molecule has 1 heterocycles. The summed E-state index contributed by atoms with van der Waals surface area (Å²) in [5.41, 5.74) is -1.67. The Balaban J connectivity index is 0.000000400. The van der Waals surface area contributed by atoms with Gasteiger partial charge >= 0.3 is 30.3 Å². The highest BCUT2D eigenvalue weighted by atomic mass is 16.6. The van der Waals surface area contributed by atoms with Crippen LogP contribution in [0.2, 0.25) is 0 Å². The number of nitrogens with zero attached hydrogens (tertiary/aromatic N) is 3. The van der Waals surface area contributed by atoms with Gasteiger partial charge in [-0.25, -0.2) is 19.2 Å². The Morgan fingerprint density at radius 3 is 1.40 bits per heavy atom. The van der Waals surface area contributed by atoms with Gasteiger partial charge in [0.25, 0.3) is 0 Å². The lowest BCUT2D eigenvalue weighted by Crippen LogP contribution is -2.51. The number of esters is 1. The molecule has 1 saturated heterocycles. The average molecular weight is 1240 g/mol. The van der Waals surface area contributed by atoms with Gasteiger partial charge in [-0.3, -0.25) is 14.5 Å². The molecule has 5 aliphatic rings. The van der Waals surface area contributed by atoms with Gasteiger partial charge in [0.05, 0.1) is 36.9 Å². The zero-order valence-electron chi connectivity index (χ0n) is 58.0. The van der Waals surface area contributed by atoms with Crippen molar-refractivity contribution in [1.29, 1.82) is 0 Å². The van der Waals surface area contributed by atoms with Crippen molar-refractivity contribution in [2.24, 2.45) is 11.3 Å². The number of methoxy groups -OCH3 is 2. The van der Waals surface area contributed by atoms with Crippen LogP contribution in [0.4, 0.5) is 19.2 Å². The number of rotatable bonds is 21. The van der Waals surface area contributed by atoms with E-state index >= 15 is 0 Å². The van der Waals surface area contributed by atoms with Gasteiger partial charge in [0.2, 0.25) is 5.91 Å². The average Bonchev–Trinajstić information content (AvgIpc) is 2.55. The van der Waals surface area contributed by atoms with E-state index in [9.17, 15) is 28.8 Å². The van der Waals surface area contributed by atoms with Crippen molar-refractivity contribution in [2.75, 3.05) is 47.4 Å². The summed E-state index contributed by atoms with van der Waals surface area (Å²) in [5, 5.41) is 6.02. The van der Waals surface area contributed by atoms with E-state index in [1.165, 1.54) is 24.2 Å². The van der Waals surface area contributed by atoms with E-state index in [-0.39, 0.29) is 90.9 Å². The molecule has 1 aliphatic heterocycles. The van der Waals surface area contributed by atoms with Crippen molar-refractivity contribution in [1.82, 2.24) is 25.3 Å². The number of piperidine rings is 1. The molecule has 0 radical (unpaired) electrons. The van der Waals surface area contributed by atoms with Crippen LogP contribution < -0.4 is 10.6 Å². The third kappa shape index (κ3) is 31.0. The van der Waals surface area contributed by atoms with Gasteiger partial charge in [0.15, 0.2) is 0 Å². The molecule has 5 fully saturated rings. The van der Waals surface area contributed by atoms with Crippen LogP contribution >= 0.6 is 0 Å². The predicted molar refractivity (Wildman–Crippen MR) is 340 cm³/mol. The number of hydrogen-bond donors (Lipinski definition) is 2. The summed E-state index contributed by atoms with van der Waals surface area (Å²) < 4.78 is 49.4. The van der Waals surface area contributed by atoms with Gasteiger partial charge in [-0.15, -0.1) is 0 Å². The summed E-state index contributed by atoms with van der Waals surface area (Å²) in [4.78, 5) is 78.2. The maximum absolute atomic E-state index is 13.2. The number of likely N-dealkylation sites (tertiary alicyclic amines) is 1. The number of alkyl carbamates (subject to hydrolysis) is 1. The summed E-state index contributed by atoms with van der Waals surface area (Å²) in [7, 11) is 3.60. The van der Waals surface area contributed by atoms with Crippen LogP contribution in [0, 0.1) is 11.3 Å². The topological polar surface area (TPSA) is 219 Å². The normalized spacial score (nSPS) is 22.3. The minimum atomic E-state index is -0.523. The van der Waals surface area contributed by atoms with E-state index in [0.29, 0.717) is 44.0 Å². The van der Waals surface area contributed by atoms with Crippen LogP contribution in [0.25, 0.3) is 0 Å². The molecular weight excluding hydrogens is 1110 g/mol. The maximum Gasteiger partial charge on any atom is 0.413 e. The molecule has 5 rings (SSSR count). The van der Waals surface area contributed by atoms with E-state index in [2.05, 4.69) is 15.5 Å². The van der Waals surface area contributed by atoms with Crippen molar-refractivity contribution >= 4 is 36.2 Å². The summed E-state index contributed by atoms with van der Waals surface area (Å²) in [6.45, 7) is 34.7. The molecule has 2 N–H and O–H groups in total. The first kappa shape index (κ1) is 79.0. The molecule has 87 heavy (non-hydrogen) atoms. The Morgan fingerprint density at radius 1 is 0.529 bits per heavy atom. The van der Waals surface area contributed by atoms with Gasteiger partial charge in [-0.2, -0.15) is 0 Å². The lowest BCUT2D eigenvalue weighted by molar-refractivity contribution is -0.149. The van der Waals surface area contributed by atoms with Gasteiger partial charge in [0, 0.05) is 56.9 Å². The van der Waals surface area contributed by atoms with Gasteiger partial charge in [0.1, 0.15) is 36.4 Å². The fourth-order valence-electron chi connectivity index (χ4n) is 11.1. The first-order valence-electron chi connectivity index (χ1n) is 33.6. The molecule has 20 nitrogen and oxygen atoms in total. The van der Waals surface area contributed by atoms with Gasteiger partial charge in [-0.05, 0) is 210 Å². The summed E-state index contributed by atoms with van der Waals surface area (Å²) in [6, 6.07) is 0.865. The molecule has 4 aliphatic carbocycles. The van der Waals surface area contributed by atoms with Crippen molar-refractivity contribution in [3.8, 4) is 0 Å². The Labute approximate surface area is 526 Å². The highest BCUT2D eigenvalue weighted by Crippen LogP contribution is 2.34. The minimum Gasteiger partial charge on any atom is -0.466 e. The molecule has 0 aromatic heterocycles. The molecule has 0 atom stereocenters. The van der Waals surface area contributed by atoms with Gasteiger partial charge in [-0.1, -0.05) is 54.9 Å². The molecule has 0 aromatic carbocycles. The molecule has 5 amide bonds. The second-order valence-corrected chi connectivity index (χ2v) is 27.6. The van der Waals surface area contributed by atoms with Crippen molar-refractivity contribution in [2.45, 2.75) is 337 Å². The van der Waals surface area contributed by atoms with Crippen LogP contribution in [0.1, 0.15) is 265 Å². The minimum absolute atomic E-state index is 0.0185. The standard InChI is InChI=1S/C21H37NO4.C17H31NO4.C16H30N2O3.C13H27NO4/c1-24-18-12-8-16(9-13-18)22(17-10-14-19(25-2)15-11-17)21(23)26-20-6-4-3-5-7-20;1-5-17(6-2,7-3)22-16(20)18-14-11-9-13(10-12-14)15(19)21-8-4;1-7-16(5,6)21-14(20)18-10-8-12(9-11-18)17-13(19)15(2,3)4;1-10(2)16-8-14(9-17-11(3)4)12(15)18-13(5,6)7/h16-20H,3-15H2,1-2H3;13-14H,5-12H2,1-4H3,(H,18,20);12H,7-11H2,1-6H3,(H,17,19);10-11H,8-9H2,1-7H3. The molecule has 20 heteroatoms. The molecule has 508 valence electrons. The Hall–Kier alpha value is -4.14. The van der Waals surface area contributed by atoms with Crippen LogP contribution in [0.3, 0.4) is 0 Å². The lowest BCUT2D eigenvalue weighted by Gasteiger charge is -2.43. The summed E-state index contributed by atoms with van der Waals surface area (Å²) in [5.74, 6) is -0.0591. The zero-order valence-corrected chi connectivity index (χ0v) is 58.0. The van der Waals surface area contributed by atoms with E-state index in [4.69, 9.17) is 42.6 Å². The van der Waals surface area contributed by atoms with Crippen LogP contribution in [-0.2, 0) is 52.2 Å². The Kier molecular flexibility index (Phi) is 36.2. The summed E-state index contributed by atoms with van der Waals surface area (Å²) >= 11 is 0. The Bertz CT molecular complexity index is 1910. The van der Waals surface area contributed by atoms with Crippen molar-refractivity contribution in [3.05, 3.63) is 0 Å². The van der Waals surface area contributed by atoms with E-state index in [0.717, 1.165) is 128 Å². The highest BCUT2D eigenvalue weighted by Gasteiger charge is 2.39. The number of carbonyl (C=O) groups excluding carboxylic acids is 6. The second kappa shape index (κ2) is 39.9. The lowest BCUT2D eigenvalue weighted by atomic mass is 9.86. The number of nitrogens with one attached hydrogen (secondary N) is 2. The molecule has 0 spiro atoms. The molecule has 0 unspecified atom stereocenters. The van der Waals surface area contributed by atoms with Crippen LogP contribution in [0.15, 0.2) is 0 Å². The summed E-state index contributed by atoms with van der Waals surface area (Å²) in [6.07, 6.45) is 21.9. The van der Waals surface area contributed by atoms with Crippen molar-refractivity contribution < 1.29 is 71.4 Å². The first-order valence-corrected chi connectivity index (χ1v) is 33.6. The first-order chi connectivity index (χ1) is 40.9. The molecule has 4 saturated carbocycles. The van der Waals surface area contributed by atoms with E-state index < -0.39 is 17.3 Å². The fourth-order valence-corrected chi connectivity index (χ4v) is 11.1. The van der Waals surface area contributed by atoms with E-state index in [1.807, 2.05) is 118 Å². The monoisotopic (exact) mass is 1240 g/mol. The predicted octanol–water partition coefficient (Wildman–Crippen LogP) is 14.4. The number of ether oxygens (including phenoxy) is 9. The second-order valence-electron chi connectivity index (χ2n) is 27.6. The molecule has 0 bridgehead atoms. The van der Waals surface area contributed by atoms with Gasteiger partial charge < -0.3 is 63.1 Å². The largest absolute Gasteiger partial charge is 0.466 e. The maximum atomic E-state index is 13.2. The number of hydrogen-bond acceptors (Lipinski definition) is 15. The van der Waals surface area contributed by atoms with Crippen LogP contribution in [0.5, 0.6) is 0 Å². The SMILES string of the molecule is CC(C)OCN(COC(C)C)C(=O)OC(C)(C)C.CCC(C)(C)OC(=O)N1CCC(NC(=O)C(C)(C)C)CC1.CCOC(=O)C1CCC(NC(=O)OC(CC)(CC)CC)CC1.COC1CCC(N(C(=O)OC2CCCCC2)C2CCC(OC)CC2)CC1. The zero-order chi connectivity index (χ0) is 65.5. The Morgan fingerprint density at radius 2 is 1.00 bits per heavy atom. The smallest absolute Gasteiger partial charge is 0.413 e. The molecular formula is C67H125N5O15. The molecule has 0 aromatic rings. The third-order valence-electron chi connectivity index (χ3n) is 17.4. The van der Waals surface area contributed by atoms with Crippen LogP contribution in [-0.4, -0.2) is 170 Å². The number of carbonyl (C=O) groups is 6. The third-order valence-corrected chi connectivity index (χ3v) is 17.4.